The van der Waals surface area contributed by atoms with E-state index in [0.717, 1.165) is 21.3 Å². The van der Waals surface area contributed by atoms with Crippen LogP contribution in [0, 0.1) is 11.8 Å². The predicted molar refractivity (Wildman–Crippen MR) is 86.7 cm³/mol. The van der Waals surface area contributed by atoms with Gasteiger partial charge in [0.2, 0.25) is 0 Å². The van der Waals surface area contributed by atoms with Crippen LogP contribution in [0.15, 0.2) is 22.7 Å². The van der Waals surface area contributed by atoms with Gasteiger partial charge < -0.3 is 5.32 Å². The first-order valence-electron chi connectivity index (χ1n) is 7.28. The third-order valence-electron chi connectivity index (χ3n) is 4.54. The van der Waals surface area contributed by atoms with E-state index >= 15 is 0 Å². The highest BCUT2D eigenvalue weighted by atomic mass is 79.9. The molecule has 0 amide bonds. The van der Waals surface area contributed by atoms with E-state index in [4.69, 9.17) is 11.6 Å². The molecule has 1 aliphatic carbocycles. The van der Waals surface area contributed by atoms with Crippen LogP contribution in [0.4, 0.5) is 0 Å². The van der Waals surface area contributed by atoms with Crippen molar-refractivity contribution in [2.45, 2.75) is 45.1 Å². The van der Waals surface area contributed by atoms with Gasteiger partial charge in [0.15, 0.2) is 0 Å². The van der Waals surface area contributed by atoms with E-state index in [1.807, 2.05) is 6.07 Å². The number of benzene rings is 1. The maximum Gasteiger partial charge on any atom is 0.0410 e. The van der Waals surface area contributed by atoms with Gasteiger partial charge in [-0.3, -0.25) is 0 Å². The van der Waals surface area contributed by atoms with Gasteiger partial charge in [-0.15, -0.1) is 0 Å². The molecule has 1 atom stereocenters. The fraction of sp³-hybridized carbons (Fsp3) is 0.625. The third kappa shape index (κ3) is 3.74. The second-order valence-corrected chi connectivity index (χ2v) is 6.91. The van der Waals surface area contributed by atoms with Crippen molar-refractivity contribution in [1.29, 1.82) is 0 Å². The highest BCUT2D eigenvalue weighted by molar-refractivity contribution is 9.10. The molecule has 19 heavy (non-hydrogen) atoms. The molecular weight excluding hydrogens is 322 g/mol. The zero-order chi connectivity index (χ0) is 13.8. The summed E-state index contributed by atoms with van der Waals surface area (Å²) in [5.74, 6) is 1.67. The van der Waals surface area contributed by atoms with Crippen LogP contribution in [0.1, 0.15) is 50.6 Å². The van der Waals surface area contributed by atoms with Gasteiger partial charge in [-0.25, -0.2) is 0 Å². The predicted octanol–water partition coefficient (Wildman–Crippen LogP) is 5.58. The number of hydrogen-bond donors (Lipinski definition) is 1. The summed E-state index contributed by atoms with van der Waals surface area (Å²) in [6.07, 6.45) is 6.72. The molecule has 0 bridgehead atoms. The van der Waals surface area contributed by atoms with Crippen molar-refractivity contribution in [3.63, 3.8) is 0 Å². The van der Waals surface area contributed by atoms with Crippen LogP contribution in [0.3, 0.4) is 0 Å². The molecule has 0 heterocycles. The van der Waals surface area contributed by atoms with Gasteiger partial charge in [-0.05, 0) is 55.5 Å². The van der Waals surface area contributed by atoms with Gasteiger partial charge in [0.25, 0.3) is 0 Å². The van der Waals surface area contributed by atoms with Crippen LogP contribution in [-0.2, 0) is 0 Å². The first kappa shape index (κ1) is 15.3. The van der Waals surface area contributed by atoms with Crippen molar-refractivity contribution in [1.82, 2.24) is 5.32 Å². The van der Waals surface area contributed by atoms with Gasteiger partial charge in [0.1, 0.15) is 0 Å². The van der Waals surface area contributed by atoms with Gasteiger partial charge in [-0.1, -0.05) is 53.7 Å². The minimum absolute atomic E-state index is 0.408. The summed E-state index contributed by atoms with van der Waals surface area (Å²) in [5, 5.41) is 4.32. The zero-order valence-corrected chi connectivity index (χ0v) is 14.1. The Morgan fingerprint density at radius 3 is 2.58 bits per heavy atom. The molecule has 0 spiro atoms. The van der Waals surface area contributed by atoms with Crippen LogP contribution < -0.4 is 5.32 Å². The molecule has 1 aliphatic rings. The van der Waals surface area contributed by atoms with E-state index in [1.54, 1.807) is 0 Å². The Bertz CT molecular complexity index is 413. The van der Waals surface area contributed by atoms with Gasteiger partial charge in [0, 0.05) is 15.5 Å². The van der Waals surface area contributed by atoms with Gasteiger partial charge in [0.05, 0.1) is 0 Å². The standard InChI is InChI=1S/C16H23BrClN/c1-3-11-4-6-12(7-5-11)16(19-2)14-10-13(18)8-9-15(14)17/h8-12,16,19H,3-7H2,1-2H3. The van der Waals surface area contributed by atoms with Crippen molar-refractivity contribution >= 4 is 27.5 Å². The van der Waals surface area contributed by atoms with Gasteiger partial charge in [-0.2, -0.15) is 0 Å². The number of nitrogens with one attached hydrogen (secondary N) is 1. The highest BCUT2D eigenvalue weighted by Crippen LogP contribution is 2.40. The number of rotatable bonds is 4. The highest BCUT2D eigenvalue weighted by Gasteiger charge is 2.28. The lowest BCUT2D eigenvalue weighted by Gasteiger charge is -2.34. The molecule has 0 radical (unpaired) electrons. The topological polar surface area (TPSA) is 12.0 Å². The molecule has 0 aromatic heterocycles. The lowest BCUT2D eigenvalue weighted by atomic mass is 9.76. The molecule has 2 rings (SSSR count). The molecule has 1 unspecified atom stereocenters. The third-order valence-corrected chi connectivity index (χ3v) is 5.50. The fourth-order valence-corrected chi connectivity index (χ4v) is 4.00. The largest absolute Gasteiger partial charge is 0.313 e. The van der Waals surface area contributed by atoms with Crippen molar-refractivity contribution in [3.8, 4) is 0 Å². The summed E-state index contributed by atoms with van der Waals surface area (Å²) < 4.78 is 1.16. The average molecular weight is 345 g/mol. The molecule has 1 fully saturated rings. The van der Waals surface area contributed by atoms with E-state index in [2.05, 4.69) is 47.4 Å². The molecule has 1 saturated carbocycles. The fourth-order valence-electron chi connectivity index (χ4n) is 3.33. The van der Waals surface area contributed by atoms with Crippen LogP contribution in [-0.4, -0.2) is 7.05 Å². The summed E-state index contributed by atoms with van der Waals surface area (Å²) in [6.45, 7) is 2.31. The molecule has 1 aromatic rings. The molecule has 0 aliphatic heterocycles. The summed E-state index contributed by atoms with van der Waals surface area (Å²) >= 11 is 9.82. The SMILES string of the molecule is CCC1CCC(C(NC)c2cc(Cl)ccc2Br)CC1. The number of halogens is 2. The Labute approximate surface area is 130 Å². The Morgan fingerprint density at radius 1 is 1.32 bits per heavy atom. The second kappa shape index (κ2) is 7.10. The second-order valence-electron chi connectivity index (χ2n) is 5.62. The van der Waals surface area contributed by atoms with E-state index in [9.17, 15) is 0 Å². The van der Waals surface area contributed by atoms with Crippen molar-refractivity contribution in [2.75, 3.05) is 7.05 Å². The van der Waals surface area contributed by atoms with Crippen LogP contribution >= 0.6 is 27.5 Å². The smallest absolute Gasteiger partial charge is 0.0410 e. The Hall–Kier alpha value is -0.0500. The molecule has 106 valence electrons. The lowest BCUT2D eigenvalue weighted by molar-refractivity contribution is 0.224. The summed E-state index contributed by atoms with van der Waals surface area (Å²) in [4.78, 5) is 0. The molecular formula is C16H23BrClN. The number of hydrogen-bond acceptors (Lipinski definition) is 1. The van der Waals surface area contributed by atoms with Crippen LogP contribution in [0.2, 0.25) is 5.02 Å². The van der Waals surface area contributed by atoms with Gasteiger partial charge >= 0.3 is 0 Å². The minimum Gasteiger partial charge on any atom is -0.313 e. The quantitative estimate of drug-likeness (QED) is 0.752. The van der Waals surface area contributed by atoms with E-state index in [1.165, 1.54) is 37.7 Å². The van der Waals surface area contributed by atoms with Crippen molar-refractivity contribution < 1.29 is 0 Å². The van der Waals surface area contributed by atoms with E-state index in [0.29, 0.717) is 6.04 Å². The first-order valence-corrected chi connectivity index (χ1v) is 8.45. The summed E-state index contributed by atoms with van der Waals surface area (Å²) in [5.41, 5.74) is 1.30. The molecule has 0 saturated heterocycles. The Morgan fingerprint density at radius 2 is 2.00 bits per heavy atom. The maximum atomic E-state index is 6.15. The van der Waals surface area contributed by atoms with Crippen molar-refractivity contribution in [3.05, 3.63) is 33.3 Å². The Balaban J connectivity index is 2.14. The minimum atomic E-state index is 0.408. The van der Waals surface area contributed by atoms with E-state index in [-0.39, 0.29) is 0 Å². The van der Waals surface area contributed by atoms with Crippen LogP contribution in [0.25, 0.3) is 0 Å². The average Bonchev–Trinajstić information content (AvgIpc) is 2.44. The Kier molecular flexibility index (Phi) is 5.73. The molecule has 1 N–H and O–H groups in total. The molecule has 3 heteroatoms. The van der Waals surface area contributed by atoms with Crippen molar-refractivity contribution in [2.24, 2.45) is 11.8 Å². The molecule has 1 nitrogen and oxygen atoms in total. The summed E-state index contributed by atoms with van der Waals surface area (Å²) in [6, 6.07) is 6.50. The van der Waals surface area contributed by atoms with E-state index < -0.39 is 0 Å². The normalized spacial score (nSPS) is 25.3. The lowest BCUT2D eigenvalue weighted by Crippen LogP contribution is -2.29. The maximum absolute atomic E-state index is 6.15. The summed E-state index contributed by atoms with van der Waals surface area (Å²) in [7, 11) is 2.06. The zero-order valence-electron chi connectivity index (χ0n) is 11.8. The molecule has 1 aromatic carbocycles. The first-order chi connectivity index (χ1) is 9.15. The monoisotopic (exact) mass is 343 g/mol. The van der Waals surface area contributed by atoms with Crippen LogP contribution in [0.5, 0.6) is 0 Å².